The zero-order valence-electron chi connectivity index (χ0n) is 8.51. The first-order valence-electron chi connectivity index (χ1n) is 4.77. The summed E-state index contributed by atoms with van der Waals surface area (Å²) in [4.78, 5) is 33.1. The van der Waals surface area contributed by atoms with Crippen molar-refractivity contribution in [3.05, 3.63) is 45.5 Å². The molecule has 1 amide bonds. The molecule has 0 radical (unpaired) electrons. The Morgan fingerprint density at radius 3 is 2.59 bits per heavy atom. The summed E-state index contributed by atoms with van der Waals surface area (Å²) in [5.74, 6) is -1.34. The summed E-state index contributed by atoms with van der Waals surface area (Å²) in [6.07, 6.45) is 1.42. The SMILES string of the molecule is O=NC1C(=O)NC(=Cc2ccccc2Cl)C1=O. The topological polar surface area (TPSA) is 75.6 Å². The Hall–Kier alpha value is -2.01. The zero-order chi connectivity index (χ0) is 12.4. The van der Waals surface area contributed by atoms with Gasteiger partial charge in [0.25, 0.3) is 5.91 Å². The van der Waals surface area contributed by atoms with Crippen LogP contribution in [0.3, 0.4) is 0 Å². The van der Waals surface area contributed by atoms with E-state index in [2.05, 4.69) is 10.5 Å². The van der Waals surface area contributed by atoms with Crippen LogP contribution in [0.2, 0.25) is 5.02 Å². The van der Waals surface area contributed by atoms with Gasteiger partial charge in [-0.25, -0.2) is 0 Å². The Morgan fingerprint density at radius 1 is 1.29 bits per heavy atom. The van der Waals surface area contributed by atoms with Gasteiger partial charge in [-0.1, -0.05) is 29.8 Å². The Labute approximate surface area is 101 Å². The van der Waals surface area contributed by atoms with Crippen molar-refractivity contribution in [2.45, 2.75) is 6.04 Å². The summed E-state index contributed by atoms with van der Waals surface area (Å²) in [5.41, 5.74) is 0.622. The van der Waals surface area contributed by atoms with Crippen LogP contribution < -0.4 is 5.32 Å². The van der Waals surface area contributed by atoms with Crippen LogP contribution in [0.4, 0.5) is 0 Å². The normalized spacial score (nSPS) is 21.7. The molecular formula is C11H7ClN2O3. The lowest BCUT2D eigenvalue weighted by Crippen LogP contribution is -2.22. The molecule has 0 aromatic heterocycles. The zero-order valence-corrected chi connectivity index (χ0v) is 9.27. The van der Waals surface area contributed by atoms with Crippen molar-refractivity contribution in [1.82, 2.24) is 5.32 Å². The van der Waals surface area contributed by atoms with Gasteiger partial charge in [0.05, 0.1) is 5.70 Å². The summed E-state index contributed by atoms with van der Waals surface area (Å²) in [6, 6.07) is 5.36. The predicted molar refractivity (Wildman–Crippen MR) is 62.2 cm³/mol. The van der Waals surface area contributed by atoms with Crippen molar-refractivity contribution in [1.29, 1.82) is 0 Å². The van der Waals surface area contributed by atoms with Gasteiger partial charge in [-0.15, -0.1) is 4.91 Å². The Bertz CT molecular complexity index is 539. The molecule has 0 saturated carbocycles. The minimum absolute atomic E-state index is 0.0349. The quantitative estimate of drug-likeness (QED) is 0.491. The number of Topliss-reactive ketones (excluding diaryl/α,β-unsaturated/α-hetero) is 1. The number of rotatable bonds is 2. The maximum Gasteiger partial charge on any atom is 0.261 e. The average molecular weight is 251 g/mol. The van der Waals surface area contributed by atoms with E-state index in [9.17, 15) is 14.5 Å². The number of benzene rings is 1. The molecule has 0 spiro atoms. The summed E-state index contributed by atoms with van der Waals surface area (Å²) in [6.45, 7) is 0. The van der Waals surface area contributed by atoms with Gasteiger partial charge in [0.1, 0.15) is 0 Å². The van der Waals surface area contributed by atoms with Crippen molar-refractivity contribution < 1.29 is 9.59 Å². The molecule has 86 valence electrons. The molecular weight excluding hydrogens is 244 g/mol. The lowest BCUT2D eigenvalue weighted by molar-refractivity contribution is -0.123. The molecule has 0 aliphatic carbocycles. The highest BCUT2D eigenvalue weighted by molar-refractivity contribution is 6.32. The van der Waals surface area contributed by atoms with Crippen LogP contribution in [0.25, 0.3) is 6.08 Å². The molecule has 17 heavy (non-hydrogen) atoms. The van der Waals surface area contributed by atoms with Crippen LogP contribution in [0.5, 0.6) is 0 Å². The van der Waals surface area contributed by atoms with Gasteiger partial charge in [-0.3, -0.25) is 9.59 Å². The highest BCUT2D eigenvalue weighted by atomic mass is 35.5. The molecule has 1 aromatic rings. The number of carbonyl (C=O) groups excluding carboxylic acids is 2. The predicted octanol–water partition coefficient (Wildman–Crippen LogP) is 1.51. The minimum atomic E-state index is -1.48. The van der Waals surface area contributed by atoms with Gasteiger partial charge in [-0.2, -0.15) is 0 Å². The molecule has 5 nitrogen and oxygen atoms in total. The molecule has 1 atom stereocenters. The third-order valence-electron chi connectivity index (χ3n) is 2.33. The molecule has 6 heteroatoms. The number of nitrogens with one attached hydrogen (secondary N) is 1. The first-order chi connectivity index (χ1) is 8.13. The molecule has 1 fully saturated rings. The molecule has 1 saturated heterocycles. The molecule has 1 unspecified atom stereocenters. The third-order valence-corrected chi connectivity index (χ3v) is 2.67. The number of halogens is 1. The van der Waals surface area contributed by atoms with Crippen LogP contribution in [0.1, 0.15) is 5.56 Å². The van der Waals surface area contributed by atoms with Gasteiger partial charge >= 0.3 is 0 Å². The first-order valence-corrected chi connectivity index (χ1v) is 5.15. The van der Waals surface area contributed by atoms with Crippen LogP contribution in [-0.2, 0) is 9.59 Å². The van der Waals surface area contributed by atoms with Gasteiger partial charge < -0.3 is 5.32 Å². The number of ketones is 1. The average Bonchev–Trinajstić information content (AvgIpc) is 2.57. The van der Waals surface area contributed by atoms with Gasteiger partial charge in [-0.05, 0) is 22.9 Å². The molecule has 1 N–H and O–H groups in total. The summed E-state index contributed by atoms with van der Waals surface area (Å²) < 4.78 is 0. The van der Waals surface area contributed by atoms with E-state index in [0.29, 0.717) is 10.6 Å². The second-order valence-electron chi connectivity index (χ2n) is 3.44. The van der Waals surface area contributed by atoms with E-state index in [1.807, 2.05) is 0 Å². The molecule has 1 aromatic carbocycles. The fraction of sp³-hybridized carbons (Fsp3) is 0.0909. The second-order valence-corrected chi connectivity index (χ2v) is 3.85. The molecule has 1 heterocycles. The maximum atomic E-state index is 11.6. The van der Waals surface area contributed by atoms with Gasteiger partial charge in [0.2, 0.25) is 11.8 Å². The molecule has 2 rings (SSSR count). The number of amides is 1. The number of hydrogen-bond donors (Lipinski definition) is 1. The fourth-order valence-electron chi connectivity index (χ4n) is 1.48. The van der Waals surface area contributed by atoms with E-state index < -0.39 is 17.7 Å². The Kier molecular flexibility index (Phi) is 3.01. The lowest BCUT2D eigenvalue weighted by Gasteiger charge is -1.99. The van der Waals surface area contributed by atoms with Crippen molar-refractivity contribution in [2.75, 3.05) is 0 Å². The van der Waals surface area contributed by atoms with E-state index >= 15 is 0 Å². The number of carbonyl (C=O) groups is 2. The van der Waals surface area contributed by atoms with E-state index in [0.717, 1.165) is 0 Å². The van der Waals surface area contributed by atoms with E-state index in [1.165, 1.54) is 6.08 Å². The van der Waals surface area contributed by atoms with Crippen molar-refractivity contribution in [2.24, 2.45) is 5.18 Å². The van der Waals surface area contributed by atoms with Crippen LogP contribution in [-0.4, -0.2) is 17.7 Å². The Balaban J connectivity index is 2.37. The monoisotopic (exact) mass is 250 g/mol. The van der Waals surface area contributed by atoms with Crippen molar-refractivity contribution in [3.8, 4) is 0 Å². The molecule has 1 aliphatic rings. The number of nitrogens with zero attached hydrogens (tertiary/aromatic N) is 1. The lowest BCUT2D eigenvalue weighted by atomic mass is 10.1. The molecule has 0 bridgehead atoms. The Morgan fingerprint density at radius 2 is 2.00 bits per heavy atom. The smallest absolute Gasteiger partial charge is 0.261 e. The molecule has 1 aliphatic heterocycles. The van der Waals surface area contributed by atoms with Crippen LogP contribution in [0.15, 0.2) is 35.1 Å². The second kappa shape index (κ2) is 4.47. The van der Waals surface area contributed by atoms with E-state index in [-0.39, 0.29) is 5.70 Å². The highest BCUT2D eigenvalue weighted by Gasteiger charge is 2.38. The van der Waals surface area contributed by atoms with Crippen LogP contribution in [0, 0.1) is 4.91 Å². The summed E-state index contributed by atoms with van der Waals surface area (Å²) >= 11 is 5.90. The minimum Gasteiger partial charge on any atom is -0.321 e. The highest BCUT2D eigenvalue weighted by Crippen LogP contribution is 2.20. The largest absolute Gasteiger partial charge is 0.321 e. The van der Waals surface area contributed by atoms with Gasteiger partial charge in [0, 0.05) is 5.02 Å². The van der Waals surface area contributed by atoms with Crippen LogP contribution >= 0.6 is 11.6 Å². The maximum absolute atomic E-state index is 11.6. The van der Waals surface area contributed by atoms with E-state index in [1.54, 1.807) is 24.3 Å². The standard InChI is InChI=1S/C11H7ClN2O3/c12-7-4-2-1-3-6(7)5-8-10(15)9(14-17)11(16)13-8/h1-5,9H,(H,13,16). The summed E-state index contributed by atoms with van der Waals surface area (Å²) in [7, 11) is 0. The fourth-order valence-corrected chi connectivity index (χ4v) is 1.67. The first kappa shape index (κ1) is 11.5. The van der Waals surface area contributed by atoms with Crippen molar-refractivity contribution >= 4 is 29.4 Å². The number of hydrogen-bond acceptors (Lipinski definition) is 4. The third kappa shape index (κ3) is 2.09. The van der Waals surface area contributed by atoms with Crippen molar-refractivity contribution in [3.63, 3.8) is 0 Å². The number of nitroso groups, excluding NO2 is 1. The summed E-state index contributed by atoms with van der Waals surface area (Å²) in [5, 5.41) is 5.23. The van der Waals surface area contributed by atoms with E-state index in [4.69, 9.17) is 11.6 Å². The van der Waals surface area contributed by atoms with Gasteiger partial charge in [0.15, 0.2) is 0 Å².